The number of rotatable bonds is 7. The molecule has 8 nitrogen and oxygen atoms in total. The molecular weight excluding hydrogens is 569 g/mol. The first-order chi connectivity index (χ1) is 18.6. The van der Waals surface area contributed by atoms with E-state index in [1.165, 1.54) is 36.6 Å². The van der Waals surface area contributed by atoms with Crippen molar-refractivity contribution >= 4 is 38.7 Å². The number of nitrogens with one attached hydrogen (secondary N) is 2. The van der Waals surface area contributed by atoms with Gasteiger partial charge in [-0.25, -0.2) is 22.9 Å². The maximum absolute atomic E-state index is 13.4. The molecule has 40 heavy (non-hydrogen) atoms. The minimum atomic E-state index is -4.67. The van der Waals surface area contributed by atoms with Crippen molar-refractivity contribution in [2.24, 2.45) is 0 Å². The lowest BCUT2D eigenvalue weighted by molar-refractivity contribution is -0.137. The predicted octanol–water partition coefficient (Wildman–Crippen LogP) is 5.46. The lowest BCUT2D eigenvalue weighted by atomic mass is 10.1. The van der Waals surface area contributed by atoms with E-state index in [0.29, 0.717) is 12.1 Å². The Hall–Kier alpha value is -3.61. The summed E-state index contributed by atoms with van der Waals surface area (Å²) in [5, 5.41) is 12.7. The van der Waals surface area contributed by atoms with Crippen molar-refractivity contribution in [1.29, 1.82) is 0 Å². The highest BCUT2D eigenvalue weighted by molar-refractivity contribution is 7.90. The summed E-state index contributed by atoms with van der Waals surface area (Å²) in [4.78, 5) is 16.4. The van der Waals surface area contributed by atoms with Gasteiger partial charge in [-0.3, -0.25) is 4.57 Å². The number of alkyl halides is 3. The molecule has 0 spiro atoms. The van der Waals surface area contributed by atoms with E-state index in [-0.39, 0.29) is 28.3 Å². The van der Waals surface area contributed by atoms with Gasteiger partial charge in [0.15, 0.2) is 0 Å². The largest absolute Gasteiger partial charge is 0.417 e. The molecule has 4 aromatic rings. The molecule has 1 heterocycles. The van der Waals surface area contributed by atoms with E-state index in [4.69, 9.17) is 11.6 Å². The molecule has 0 atom stereocenters. The Balaban J connectivity index is 1.50. The van der Waals surface area contributed by atoms with E-state index in [1.807, 2.05) is 11.6 Å². The first-order valence-corrected chi connectivity index (χ1v) is 13.9. The van der Waals surface area contributed by atoms with E-state index in [9.17, 15) is 31.5 Å². The summed E-state index contributed by atoms with van der Waals surface area (Å²) in [5.74, 6) is 0.124. The van der Waals surface area contributed by atoms with Crippen LogP contribution in [-0.4, -0.2) is 35.7 Å². The maximum atomic E-state index is 13.4. The molecule has 212 valence electrons. The van der Waals surface area contributed by atoms with Crippen LogP contribution in [0.25, 0.3) is 16.7 Å². The molecule has 0 fully saturated rings. The van der Waals surface area contributed by atoms with Gasteiger partial charge >= 0.3 is 12.2 Å². The molecule has 0 radical (unpaired) electrons. The molecule has 0 aliphatic carbocycles. The third-order valence-electron chi connectivity index (χ3n) is 6.05. The highest BCUT2D eigenvalue weighted by Crippen LogP contribution is 2.38. The average Bonchev–Trinajstić information content (AvgIpc) is 3.22. The molecule has 0 bridgehead atoms. The first kappa shape index (κ1) is 29.4. The van der Waals surface area contributed by atoms with Crippen LogP contribution < -0.4 is 10.0 Å². The van der Waals surface area contributed by atoms with Gasteiger partial charge in [0.1, 0.15) is 11.4 Å². The molecule has 2 amide bonds. The number of aliphatic hydroxyl groups is 1. The van der Waals surface area contributed by atoms with Crippen molar-refractivity contribution in [1.82, 2.24) is 19.6 Å². The number of fused-ring (bicyclic) bond motifs is 1. The quantitative estimate of drug-likeness (QED) is 0.263. The number of hydrogen-bond donors (Lipinski definition) is 3. The number of amides is 2. The van der Waals surface area contributed by atoms with Gasteiger partial charge in [0, 0.05) is 12.2 Å². The van der Waals surface area contributed by atoms with Crippen LogP contribution in [0.3, 0.4) is 0 Å². The van der Waals surface area contributed by atoms with Gasteiger partial charge in [0.25, 0.3) is 10.0 Å². The fourth-order valence-electron chi connectivity index (χ4n) is 4.05. The third kappa shape index (κ3) is 6.40. The predicted molar refractivity (Wildman–Crippen MR) is 145 cm³/mol. The van der Waals surface area contributed by atoms with Crippen LogP contribution in [0, 0.1) is 6.92 Å². The summed E-state index contributed by atoms with van der Waals surface area (Å²) in [6, 6.07) is 14.1. The number of aromatic nitrogens is 2. The van der Waals surface area contributed by atoms with Crippen molar-refractivity contribution in [3.8, 4) is 5.69 Å². The maximum Gasteiger partial charge on any atom is 0.417 e. The van der Waals surface area contributed by atoms with Crippen molar-refractivity contribution in [3.63, 3.8) is 0 Å². The van der Waals surface area contributed by atoms with Crippen molar-refractivity contribution in [2.75, 3.05) is 6.54 Å². The summed E-state index contributed by atoms with van der Waals surface area (Å²) in [6.45, 7) is 4.89. The minimum Gasteiger partial charge on any atom is -0.382 e. The normalized spacial score (nSPS) is 12.5. The monoisotopic (exact) mass is 594 g/mol. The van der Waals surface area contributed by atoms with Crippen LogP contribution in [0.5, 0.6) is 0 Å². The summed E-state index contributed by atoms with van der Waals surface area (Å²) in [7, 11) is -4.01. The number of carbonyl (C=O) groups excluding carboxylic acids is 1. The molecule has 0 unspecified atom stereocenters. The molecule has 3 N–H and O–H groups in total. The van der Waals surface area contributed by atoms with Crippen LogP contribution >= 0.6 is 11.6 Å². The molecule has 13 heteroatoms. The zero-order valence-corrected chi connectivity index (χ0v) is 23.2. The number of aryl methyl sites for hydroxylation is 1. The van der Waals surface area contributed by atoms with E-state index in [2.05, 4.69) is 10.3 Å². The standard InChI is InChI=1S/C27H26ClF3N4O4S/c1-16-4-10-19(11-5-16)40(38,39)34-25(36)32-13-12-17-6-8-18(9-7-17)35-23-15-21(28)20(27(29,30)31)14-22(23)33-24(35)26(2,3)37/h4-11,14-15,37H,12-13H2,1-3H3,(H2,32,34,36). The van der Waals surface area contributed by atoms with Crippen molar-refractivity contribution < 1.29 is 31.5 Å². The van der Waals surface area contributed by atoms with E-state index < -0.39 is 38.4 Å². The van der Waals surface area contributed by atoms with Crippen LogP contribution in [0.15, 0.2) is 65.6 Å². The molecular formula is C27H26ClF3N4O4S. The number of halogens is 4. The van der Waals surface area contributed by atoms with Crippen LogP contribution in [0.4, 0.5) is 18.0 Å². The number of sulfonamides is 1. The molecule has 0 aliphatic rings. The van der Waals surface area contributed by atoms with Gasteiger partial charge in [0.2, 0.25) is 0 Å². The number of benzene rings is 3. The Morgan fingerprint density at radius 3 is 2.25 bits per heavy atom. The SMILES string of the molecule is Cc1ccc(S(=O)(=O)NC(=O)NCCc2ccc(-n3c(C(C)(C)O)nc4cc(C(F)(F)F)c(Cl)cc43)cc2)cc1. The molecule has 0 aliphatic heterocycles. The molecule has 3 aromatic carbocycles. The minimum absolute atomic E-state index is 0.0220. The summed E-state index contributed by atoms with van der Waals surface area (Å²) >= 11 is 5.96. The van der Waals surface area contributed by atoms with Crippen molar-refractivity contribution in [3.05, 3.63) is 88.2 Å². The van der Waals surface area contributed by atoms with Gasteiger partial charge in [-0.05, 0) is 69.2 Å². The number of carbonyl (C=O) groups is 1. The Bertz CT molecular complexity index is 1660. The van der Waals surface area contributed by atoms with Crippen molar-refractivity contribution in [2.45, 2.75) is 43.9 Å². The van der Waals surface area contributed by atoms with Gasteiger partial charge in [-0.1, -0.05) is 41.4 Å². The highest BCUT2D eigenvalue weighted by atomic mass is 35.5. The number of imidazole rings is 1. The van der Waals surface area contributed by atoms with E-state index >= 15 is 0 Å². The lowest BCUT2D eigenvalue weighted by Crippen LogP contribution is -2.40. The van der Waals surface area contributed by atoms with Gasteiger partial charge in [0.05, 0.1) is 26.5 Å². The third-order valence-corrected chi connectivity index (χ3v) is 7.71. The molecule has 4 rings (SSSR count). The lowest BCUT2D eigenvalue weighted by Gasteiger charge is -2.19. The average molecular weight is 595 g/mol. The van der Waals surface area contributed by atoms with Gasteiger partial charge in [-0.2, -0.15) is 13.2 Å². The summed E-state index contributed by atoms with van der Waals surface area (Å²) in [6.07, 6.45) is -4.30. The molecule has 1 aromatic heterocycles. The second kappa shape index (κ2) is 10.8. The number of hydrogen-bond acceptors (Lipinski definition) is 5. The Morgan fingerprint density at radius 2 is 1.68 bits per heavy atom. The van der Waals surface area contributed by atoms with Gasteiger partial charge in [-0.15, -0.1) is 0 Å². The second-order valence-corrected chi connectivity index (χ2v) is 11.8. The number of nitrogens with zero attached hydrogens (tertiary/aromatic N) is 2. The Kier molecular flexibility index (Phi) is 7.90. The van der Waals surface area contributed by atoms with Gasteiger partial charge < -0.3 is 10.4 Å². The summed E-state index contributed by atoms with van der Waals surface area (Å²) in [5.41, 5.74) is -0.00644. The van der Waals surface area contributed by atoms with E-state index in [0.717, 1.165) is 17.2 Å². The smallest absolute Gasteiger partial charge is 0.382 e. The van der Waals surface area contributed by atoms with Crippen LogP contribution in [0.1, 0.15) is 36.4 Å². The van der Waals surface area contributed by atoms with Crippen LogP contribution in [-0.2, 0) is 28.2 Å². The fourth-order valence-corrected chi connectivity index (χ4v) is 5.25. The Labute approximate surface area is 233 Å². The summed E-state index contributed by atoms with van der Waals surface area (Å²) < 4.78 is 68.4. The first-order valence-electron chi connectivity index (χ1n) is 12.0. The Morgan fingerprint density at radius 1 is 1.05 bits per heavy atom. The zero-order chi connectivity index (χ0) is 29.5. The highest BCUT2D eigenvalue weighted by Gasteiger charge is 2.35. The zero-order valence-electron chi connectivity index (χ0n) is 21.7. The molecule has 0 saturated heterocycles. The van der Waals surface area contributed by atoms with E-state index in [1.54, 1.807) is 36.4 Å². The molecule has 0 saturated carbocycles. The topological polar surface area (TPSA) is 113 Å². The fraction of sp³-hybridized carbons (Fsp3) is 0.259. The van der Waals surface area contributed by atoms with Crippen LogP contribution in [0.2, 0.25) is 5.02 Å². The number of urea groups is 1. The second-order valence-electron chi connectivity index (χ2n) is 9.74.